The topological polar surface area (TPSA) is 85.1 Å². The Hall–Kier alpha value is -3.73. The summed E-state index contributed by atoms with van der Waals surface area (Å²) in [6, 6.07) is 10.6. The molecule has 164 valence electrons. The van der Waals surface area contributed by atoms with Gasteiger partial charge in [0.05, 0.1) is 24.2 Å². The molecule has 0 radical (unpaired) electrons. The van der Waals surface area contributed by atoms with E-state index in [4.69, 9.17) is 4.74 Å². The number of morpholine rings is 1. The van der Waals surface area contributed by atoms with Crippen LogP contribution in [0.5, 0.6) is 0 Å². The normalized spacial score (nSPS) is 14.3. The van der Waals surface area contributed by atoms with Crippen LogP contribution in [0.4, 0.5) is 26.4 Å². The van der Waals surface area contributed by atoms with Crippen molar-refractivity contribution in [1.82, 2.24) is 29.5 Å². The van der Waals surface area contributed by atoms with Crippen LogP contribution in [-0.4, -0.2) is 62.8 Å². The minimum Gasteiger partial charge on any atom is -0.378 e. The van der Waals surface area contributed by atoms with Crippen molar-refractivity contribution in [3.05, 3.63) is 54.6 Å². The number of aromatic nitrogens is 6. The van der Waals surface area contributed by atoms with Gasteiger partial charge in [-0.25, -0.2) is 13.8 Å². The quantitative estimate of drug-likeness (QED) is 0.470. The third kappa shape index (κ3) is 3.71. The van der Waals surface area contributed by atoms with E-state index in [2.05, 4.69) is 24.9 Å². The average molecular weight is 438 g/mol. The van der Waals surface area contributed by atoms with Crippen molar-refractivity contribution in [3.63, 3.8) is 0 Å². The highest BCUT2D eigenvalue weighted by Crippen LogP contribution is 2.29. The highest BCUT2D eigenvalue weighted by Gasteiger charge is 2.25. The smallest absolute Gasteiger partial charge is 0.296 e. The number of benzene rings is 1. The zero-order valence-corrected chi connectivity index (χ0v) is 17.3. The van der Waals surface area contributed by atoms with Crippen molar-refractivity contribution < 1.29 is 13.5 Å². The Kier molecular flexibility index (Phi) is 5.31. The fourth-order valence-electron chi connectivity index (χ4n) is 3.58. The first-order valence-corrected chi connectivity index (χ1v) is 10.1. The number of rotatable bonds is 5. The van der Waals surface area contributed by atoms with E-state index < -0.39 is 12.2 Å². The number of hydrogen-bond donors (Lipinski definition) is 0. The molecular formula is C21H20F2N8O. The Morgan fingerprint density at radius 1 is 0.938 bits per heavy atom. The number of hydrogen-bond acceptors (Lipinski definition) is 8. The minimum atomic E-state index is -2.80. The number of ether oxygens (including phenoxy) is 1. The minimum absolute atomic E-state index is 0.0846. The van der Waals surface area contributed by atoms with Crippen LogP contribution in [0, 0.1) is 0 Å². The maximum atomic E-state index is 13.9. The van der Waals surface area contributed by atoms with E-state index in [0.29, 0.717) is 49.2 Å². The van der Waals surface area contributed by atoms with Crippen LogP contribution < -0.4 is 9.80 Å². The summed E-state index contributed by atoms with van der Waals surface area (Å²) in [6.07, 6.45) is 0.525. The second-order valence-electron chi connectivity index (χ2n) is 7.19. The summed E-state index contributed by atoms with van der Waals surface area (Å²) < 4.78 is 34.6. The molecule has 3 aromatic heterocycles. The molecule has 0 amide bonds. The van der Waals surface area contributed by atoms with E-state index in [1.54, 1.807) is 48.6 Å². The van der Waals surface area contributed by atoms with E-state index in [0.717, 1.165) is 5.69 Å². The Bertz CT molecular complexity index is 1230. The lowest BCUT2D eigenvalue weighted by Gasteiger charge is -2.28. The number of imidazole rings is 1. The van der Waals surface area contributed by atoms with Crippen molar-refractivity contribution in [2.24, 2.45) is 0 Å². The standard InChI is InChI=1S/C21H20F2N8O/c1-29(14-6-8-24-9-7-14)19-26-20(30-10-12-32-13-11-30)28-21(27-19)31-16-5-3-2-4-15(16)25-18(31)17(22)23/h2-9,17H,10-13H2,1H3. The molecule has 5 rings (SSSR count). The van der Waals surface area contributed by atoms with Gasteiger partial charge in [-0.15, -0.1) is 0 Å². The molecule has 1 aromatic carbocycles. The summed E-state index contributed by atoms with van der Waals surface area (Å²) in [6.45, 7) is 2.25. The second kappa shape index (κ2) is 8.42. The number of para-hydroxylation sites is 2. The molecule has 1 saturated heterocycles. The lowest BCUT2D eigenvalue weighted by atomic mass is 10.3. The number of alkyl halides is 2. The number of fused-ring (bicyclic) bond motifs is 1. The molecule has 0 atom stereocenters. The predicted octanol–water partition coefficient (Wildman–Crippen LogP) is 3.15. The zero-order valence-electron chi connectivity index (χ0n) is 17.3. The van der Waals surface area contributed by atoms with Gasteiger partial charge in [-0.3, -0.25) is 9.55 Å². The third-order valence-electron chi connectivity index (χ3n) is 5.23. The third-order valence-corrected chi connectivity index (χ3v) is 5.23. The van der Waals surface area contributed by atoms with Crippen molar-refractivity contribution in [2.45, 2.75) is 6.43 Å². The monoisotopic (exact) mass is 438 g/mol. The average Bonchev–Trinajstić information content (AvgIpc) is 3.24. The van der Waals surface area contributed by atoms with E-state index >= 15 is 0 Å². The summed E-state index contributed by atoms with van der Waals surface area (Å²) in [5.74, 6) is 0.386. The van der Waals surface area contributed by atoms with Gasteiger partial charge in [-0.05, 0) is 24.3 Å². The van der Waals surface area contributed by atoms with E-state index in [1.807, 2.05) is 17.0 Å². The van der Waals surface area contributed by atoms with Gasteiger partial charge in [-0.2, -0.15) is 15.0 Å². The molecule has 1 aliphatic heterocycles. The molecule has 0 aliphatic carbocycles. The molecule has 1 fully saturated rings. The molecule has 32 heavy (non-hydrogen) atoms. The first-order valence-electron chi connectivity index (χ1n) is 10.1. The van der Waals surface area contributed by atoms with Crippen molar-refractivity contribution in [1.29, 1.82) is 0 Å². The van der Waals surface area contributed by atoms with Gasteiger partial charge in [0, 0.05) is 38.2 Å². The summed E-state index contributed by atoms with van der Waals surface area (Å²) in [5.41, 5.74) is 1.74. The molecule has 9 nitrogen and oxygen atoms in total. The molecular weight excluding hydrogens is 418 g/mol. The Morgan fingerprint density at radius 3 is 2.41 bits per heavy atom. The zero-order chi connectivity index (χ0) is 22.1. The second-order valence-corrected chi connectivity index (χ2v) is 7.19. The van der Waals surface area contributed by atoms with Crippen molar-refractivity contribution >= 4 is 28.6 Å². The van der Waals surface area contributed by atoms with Crippen molar-refractivity contribution in [2.75, 3.05) is 43.2 Å². The van der Waals surface area contributed by atoms with Crippen LogP contribution in [0.15, 0.2) is 48.8 Å². The molecule has 1 aliphatic rings. The SMILES string of the molecule is CN(c1ccncc1)c1nc(N2CCOCC2)nc(-n2c(C(F)F)nc3ccccc32)n1. The molecule has 0 N–H and O–H groups in total. The summed E-state index contributed by atoms with van der Waals surface area (Å²) in [7, 11) is 1.80. The van der Waals surface area contributed by atoms with Gasteiger partial charge >= 0.3 is 0 Å². The maximum Gasteiger partial charge on any atom is 0.296 e. The van der Waals surface area contributed by atoms with Crippen LogP contribution in [0.3, 0.4) is 0 Å². The first-order chi connectivity index (χ1) is 15.6. The van der Waals surface area contributed by atoms with Gasteiger partial charge in [0.2, 0.25) is 17.8 Å². The Morgan fingerprint density at radius 2 is 1.66 bits per heavy atom. The number of anilines is 3. The van der Waals surface area contributed by atoms with E-state index in [9.17, 15) is 8.78 Å². The van der Waals surface area contributed by atoms with Crippen LogP contribution in [0.2, 0.25) is 0 Å². The van der Waals surface area contributed by atoms with Gasteiger partial charge < -0.3 is 14.5 Å². The predicted molar refractivity (Wildman–Crippen MR) is 115 cm³/mol. The maximum absolute atomic E-state index is 13.9. The Balaban J connectivity index is 1.70. The largest absolute Gasteiger partial charge is 0.378 e. The molecule has 0 unspecified atom stereocenters. The van der Waals surface area contributed by atoms with E-state index in [1.165, 1.54) is 4.57 Å². The molecule has 4 heterocycles. The van der Waals surface area contributed by atoms with Crippen LogP contribution in [0.25, 0.3) is 17.0 Å². The van der Waals surface area contributed by atoms with Gasteiger partial charge in [0.15, 0.2) is 5.82 Å². The fourth-order valence-corrected chi connectivity index (χ4v) is 3.58. The summed E-state index contributed by atoms with van der Waals surface area (Å²) in [4.78, 5) is 25.6. The van der Waals surface area contributed by atoms with Crippen molar-refractivity contribution in [3.8, 4) is 5.95 Å². The van der Waals surface area contributed by atoms with Crippen LogP contribution in [0.1, 0.15) is 12.2 Å². The fraction of sp³-hybridized carbons (Fsp3) is 0.286. The molecule has 11 heteroatoms. The van der Waals surface area contributed by atoms with Crippen LogP contribution >= 0.6 is 0 Å². The highest BCUT2D eigenvalue weighted by molar-refractivity contribution is 5.77. The number of pyridine rings is 1. The molecule has 0 bridgehead atoms. The van der Waals surface area contributed by atoms with Gasteiger partial charge in [0.25, 0.3) is 6.43 Å². The lowest BCUT2D eigenvalue weighted by molar-refractivity contribution is 0.122. The first kappa shape index (κ1) is 20.2. The lowest BCUT2D eigenvalue weighted by Crippen LogP contribution is -2.38. The molecule has 4 aromatic rings. The number of nitrogens with zero attached hydrogens (tertiary/aromatic N) is 8. The highest BCUT2D eigenvalue weighted by atomic mass is 19.3. The molecule has 0 saturated carbocycles. The van der Waals surface area contributed by atoms with Gasteiger partial charge in [0.1, 0.15) is 0 Å². The Labute approximate surface area is 182 Å². The summed E-state index contributed by atoms with van der Waals surface area (Å²) in [5, 5.41) is 0. The summed E-state index contributed by atoms with van der Waals surface area (Å²) >= 11 is 0. The van der Waals surface area contributed by atoms with Crippen LogP contribution in [-0.2, 0) is 4.74 Å². The van der Waals surface area contributed by atoms with Gasteiger partial charge in [-0.1, -0.05) is 12.1 Å². The number of halogens is 2. The molecule has 0 spiro atoms. The van der Waals surface area contributed by atoms with E-state index in [-0.39, 0.29) is 5.95 Å².